The van der Waals surface area contributed by atoms with Crippen LogP contribution < -0.4 is 0 Å². The van der Waals surface area contributed by atoms with E-state index in [-0.39, 0.29) is 12.8 Å². The normalized spacial score (nSPS) is 24.0. The Morgan fingerprint density at radius 3 is 1.09 bits per heavy atom. The van der Waals surface area contributed by atoms with Gasteiger partial charge < -0.3 is 79.1 Å². The number of carbonyl (C=O) groups excluding carboxylic acids is 2. The van der Waals surface area contributed by atoms with Gasteiger partial charge in [0.25, 0.3) is 0 Å². The molecule has 0 saturated carbocycles. The molecular formula is C60H118NO20P. The molecule has 2 rings (SSSR count). The second-order valence-electron chi connectivity index (χ2n) is 22.4. The molecular weight excluding hydrogens is 1090 g/mol. The molecule has 2 aliphatic heterocycles. The van der Waals surface area contributed by atoms with Gasteiger partial charge in [0.05, 0.1) is 33.0 Å². The van der Waals surface area contributed by atoms with Crippen molar-refractivity contribution in [3.8, 4) is 0 Å². The summed E-state index contributed by atoms with van der Waals surface area (Å²) in [6.45, 7) is 10.2. The van der Waals surface area contributed by atoms with Gasteiger partial charge in [0, 0.05) is 12.8 Å². The largest absolute Gasteiger partial charge is 0.472 e. The molecule has 2 aliphatic rings. The smallest absolute Gasteiger partial charge is 0.462 e. The highest BCUT2D eigenvalue weighted by atomic mass is 31.2. The van der Waals surface area contributed by atoms with Crippen LogP contribution >= 0.6 is 7.82 Å². The van der Waals surface area contributed by atoms with Crippen LogP contribution in [-0.4, -0.2) is 195 Å². The van der Waals surface area contributed by atoms with E-state index in [1.54, 1.807) is 0 Å². The third-order valence-corrected chi connectivity index (χ3v) is 16.4. The standard InChI is InChI=1S/C54H103O20P.C6H15N/c1-3-5-7-9-11-13-15-17-19-21-23-25-27-29-31-33-45(57)67-37-41(71-46(58)34-32-30-28-26-24-22-20-18-16-14-12-10-8-6-4-2)40-70-75(65,66)74-42(38-68-53-51(63)49(61)47(59)43(35-55)72-53)39-69-54-52(64)50(62)48(60)44(36-56)73-54;1-4-7(5-2)6-3/h41-44,47-56,59-64H,3-40H2,1-2H3,(H,65,66);4-6H2,1-3H3/t41?,43-,44-,47-,48-,49+,50+,51+,52+,53+,54+;/m1./s1. The molecule has 0 bridgehead atoms. The van der Waals surface area contributed by atoms with E-state index in [0.29, 0.717) is 12.8 Å². The molecule has 9 N–H and O–H groups in total. The summed E-state index contributed by atoms with van der Waals surface area (Å²) in [7, 11) is -5.20. The van der Waals surface area contributed by atoms with Gasteiger partial charge in [-0.3, -0.25) is 18.6 Å². The Labute approximate surface area is 493 Å². The number of aliphatic hydroxyl groups is 8. The molecule has 488 valence electrons. The highest BCUT2D eigenvalue weighted by Gasteiger charge is 2.46. The van der Waals surface area contributed by atoms with Crippen molar-refractivity contribution in [3.63, 3.8) is 0 Å². The molecule has 0 aromatic heterocycles. The van der Waals surface area contributed by atoms with Gasteiger partial charge in [-0.1, -0.05) is 214 Å². The molecule has 0 aromatic carbocycles. The number of esters is 2. The third-order valence-electron chi connectivity index (χ3n) is 15.3. The number of carbonyl (C=O) groups is 2. The molecule has 22 heteroatoms. The number of nitrogens with zero attached hydrogens (tertiary/aromatic N) is 1. The minimum Gasteiger partial charge on any atom is -0.462 e. The Hall–Kier alpha value is -1.47. The van der Waals surface area contributed by atoms with Gasteiger partial charge in [-0.2, -0.15) is 0 Å². The maximum atomic E-state index is 13.5. The Morgan fingerprint density at radius 2 is 0.768 bits per heavy atom. The molecule has 2 heterocycles. The molecule has 0 radical (unpaired) electrons. The van der Waals surface area contributed by atoms with Crippen molar-refractivity contribution in [2.24, 2.45) is 0 Å². The maximum Gasteiger partial charge on any atom is 0.472 e. The fourth-order valence-corrected chi connectivity index (χ4v) is 10.8. The summed E-state index contributed by atoms with van der Waals surface area (Å²) in [6.07, 6.45) is 15.2. The van der Waals surface area contributed by atoms with E-state index >= 15 is 0 Å². The molecule has 2 unspecified atom stereocenters. The Kier molecular flexibility index (Phi) is 48.4. The second-order valence-corrected chi connectivity index (χ2v) is 23.8. The summed E-state index contributed by atoms with van der Waals surface area (Å²) < 4.78 is 57.1. The minimum absolute atomic E-state index is 0.0573. The first-order valence-corrected chi connectivity index (χ1v) is 33.6. The Balaban J connectivity index is 0.00000448. The number of ether oxygens (including phenoxy) is 6. The van der Waals surface area contributed by atoms with E-state index in [1.165, 1.54) is 148 Å². The van der Waals surface area contributed by atoms with Crippen LogP contribution in [-0.2, 0) is 51.6 Å². The van der Waals surface area contributed by atoms with Crippen molar-refractivity contribution < 1.29 is 97.4 Å². The first-order valence-electron chi connectivity index (χ1n) is 32.1. The zero-order chi connectivity index (χ0) is 60.8. The lowest BCUT2D eigenvalue weighted by Gasteiger charge is -2.40. The van der Waals surface area contributed by atoms with Gasteiger partial charge in [0.15, 0.2) is 18.7 Å². The average molecular weight is 1200 g/mol. The summed E-state index contributed by atoms with van der Waals surface area (Å²) in [5.41, 5.74) is 0. The van der Waals surface area contributed by atoms with Gasteiger partial charge in [-0.25, -0.2) is 4.57 Å². The predicted molar refractivity (Wildman–Crippen MR) is 313 cm³/mol. The zero-order valence-corrected chi connectivity index (χ0v) is 52.2. The maximum absolute atomic E-state index is 13.5. The molecule has 0 amide bonds. The van der Waals surface area contributed by atoms with E-state index in [2.05, 4.69) is 39.5 Å². The van der Waals surface area contributed by atoms with E-state index in [1.807, 2.05) is 0 Å². The lowest BCUT2D eigenvalue weighted by molar-refractivity contribution is -0.314. The fraction of sp³-hybridized carbons (Fsp3) is 0.967. The molecule has 21 nitrogen and oxygen atoms in total. The van der Waals surface area contributed by atoms with Crippen LogP contribution in [0.3, 0.4) is 0 Å². The monoisotopic (exact) mass is 1200 g/mol. The van der Waals surface area contributed by atoms with Crippen molar-refractivity contribution in [1.82, 2.24) is 4.90 Å². The molecule has 12 atom stereocenters. The van der Waals surface area contributed by atoms with Crippen LogP contribution in [0.4, 0.5) is 0 Å². The van der Waals surface area contributed by atoms with Crippen molar-refractivity contribution in [1.29, 1.82) is 0 Å². The van der Waals surface area contributed by atoms with Gasteiger partial charge in [0.2, 0.25) is 0 Å². The summed E-state index contributed by atoms with van der Waals surface area (Å²) in [6, 6.07) is 0. The molecule has 2 saturated heterocycles. The SMILES string of the molecule is CCCCCCCCCCCCCCCCCC(=O)OCC(COP(=O)(O)OC(CO[C@H]1O[C@H](CO)[C@@H](O)[C@H](O)[C@@H]1O)CO[C@H]1O[C@H](CO)[C@@H](O)[C@H](O)[C@@H]1O)OC(=O)CCCCCCCCCCCCCCCCC.CCN(CC)CC. The van der Waals surface area contributed by atoms with Gasteiger partial charge >= 0.3 is 19.8 Å². The Bertz CT molecular complexity index is 1500. The molecule has 2 fully saturated rings. The highest BCUT2D eigenvalue weighted by Crippen LogP contribution is 2.45. The number of unbranched alkanes of at least 4 members (excludes halogenated alkanes) is 28. The van der Waals surface area contributed by atoms with Crippen LogP contribution in [0.25, 0.3) is 0 Å². The van der Waals surface area contributed by atoms with Gasteiger partial charge in [0.1, 0.15) is 61.5 Å². The molecule has 0 spiro atoms. The van der Waals surface area contributed by atoms with E-state index < -0.39 is 133 Å². The number of hydrogen-bond acceptors (Lipinski definition) is 20. The quantitative estimate of drug-likeness (QED) is 0.0157. The lowest BCUT2D eigenvalue weighted by atomic mass is 9.99. The van der Waals surface area contributed by atoms with Crippen LogP contribution in [0.15, 0.2) is 0 Å². The predicted octanol–water partition coefficient (Wildman–Crippen LogP) is 8.45. The summed E-state index contributed by atoms with van der Waals surface area (Å²) >= 11 is 0. The van der Waals surface area contributed by atoms with Crippen LogP contribution in [0.2, 0.25) is 0 Å². The summed E-state index contributed by atoms with van der Waals surface area (Å²) in [5, 5.41) is 81.2. The summed E-state index contributed by atoms with van der Waals surface area (Å²) in [5.74, 6) is -1.16. The lowest BCUT2D eigenvalue weighted by Crippen LogP contribution is -2.60. The van der Waals surface area contributed by atoms with Gasteiger partial charge in [-0.05, 0) is 32.5 Å². The minimum atomic E-state index is -5.20. The van der Waals surface area contributed by atoms with E-state index in [0.717, 1.165) is 51.4 Å². The zero-order valence-electron chi connectivity index (χ0n) is 51.3. The summed E-state index contributed by atoms with van der Waals surface area (Å²) in [4.78, 5) is 39.3. The average Bonchev–Trinajstić information content (AvgIpc) is 3.63. The Morgan fingerprint density at radius 1 is 0.439 bits per heavy atom. The number of hydrogen-bond donors (Lipinski definition) is 9. The van der Waals surface area contributed by atoms with Crippen LogP contribution in [0.1, 0.15) is 240 Å². The first-order chi connectivity index (χ1) is 39.5. The molecule has 82 heavy (non-hydrogen) atoms. The number of phosphoric acid groups is 1. The first kappa shape index (κ1) is 78.5. The third kappa shape index (κ3) is 37.3. The van der Waals surface area contributed by atoms with Crippen molar-refractivity contribution >= 4 is 19.8 Å². The molecule has 0 aromatic rings. The highest BCUT2D eigenvalue weighted by molar-refractivity contribution is 7.47. The van der Waals surface area contributed by atoms with Crippen molar-refractivity contribution in [2.45, 2.75) is 314 Å². The number of phosphoric ester groups is 1. The van der Waals surface area contributed by atoms with E-state index in [4.69, 9.17) is 37.5 Å². The van der Waals surface area contributed by atoms with E-state index in [9.17, 15) is 59.9 Å². The van der Waals surface area contributed by atoms with Crippen LogP contribution in [0.5, 0.6) is 0 Å². The number of rotatable bonds is 51. The fourth-order valence-electron chi connectivity index (χ4n) is 9.89. The van der Waals surface area contributed by atoms with Crippen molar-refractivity contribution in [3.05, 3.63) is 0 Å². The van der Waals surface area contributed by atoms with Gasteiger partial charge in [-0.15, -0.1) is 0 Å². The van der Waals surface area contributed by atoms with Crippen molar-refractivity contribution in [2.75, 3.05) is 59.3 Å². The molecule has 0 aliphatic carbocycles. The number of aliphatic hydroxyl groups excluding tert-OH is 8. The van der Waals surface area contributed by atoms with Crippen LogP contribution in [0, 0.1) is 0 Å². The topological polar surface area (TPSA) is 310 Å². The second kappa shape index (κ2) is 50.5.